The molecule has 0 atom stereocenters. The number of fused-ring (bicyclic) bond motifs is 1. The van der Waals surface area contributed by atoms with Gasteiger partial charge in [0, 0.05) is 19.0 Å². The number of aliphatic hydroxyl groups excluding tert-OH is 1. The molecule has 1 aliphatic carbocycles. The van der Waals surface area contributed by atoms with Crippen LogP contribution in [0.2, 0.25) is 0 Å². The SMILES string of the molecule is CC1(C)Cc2cc(CNC3CC(O)C3)ccc2O1. The summed E-state index contributed by atoms with van der Waals surface area (Å²) in [5.74, 6) is 1.03. The van der Waals surface area contributed by atoms with Crippen LogP contribution in [0.4, 0.5) is 0 Å². The van der Waals surface area contributed by atoms with E-state index in [4.69, 9.17) is 4.74 Å². The zero-order chi connectivity index (χ0) is 12.8. The topological polar surface area (TPSA) is 41.5 Å². The molecule has 1 aromatic rings. The molecule has 2 aliphatic rings. The highest BCUT2D eigenvalue weighted by Gasteiger charge is 2.30. The largest absolute Gasteiger partial charge is 0.487 e. The fourth-order valence-electron chi connectivity index (χ4n) is 2.79. The van der Waals surface area contributed by atoms with Crippen LogP contribution in [0.1, 0.15) is 37.8 Å². The van der Waals surface area contributed by atoms with E-state index < -0.39 is 0 Å². The van der Waals surface area contributed by atoms with Crippen molar-refractivity contribution < 1.29 is 9.84 Å². The molecule has 3 heteroatoms. The number of nitrogens with one attached hydrogen (secondary N) is 1. The molecule has 2 N–H and O–H groups in total. The van der Waals surface area contributed by atoms with Crippen molar-refractivity contribution in [3.05, 3.63) is 29.3 Å². The summed E-state index contributed by atoms with van der Waals surface area (Å²) in [6.45, 7) is 5.13. The van der Waals surface area contributed by atoms with Crippen LogP contribution >= 0.6 is 0 Å². The van der Waals surface area contributed by atoms with Crippen LogP contribution in [0.15, 0.2) is 18.2 Å². The molecular formula is C15H21NO2. The average molecular weight is 247 g/mol. The molecule has 1 aliphatic heterocycles. The fourth-order valence-corrected chi connectivity index (χ4v) is 2.79. The van der Waals surface area contributed by atoms with Gasteiger partial charge in [-0.25, -0.2) is 0 Å². The van der Waals surface area contributed by atoms with E-state index in [0.29, 0.717) is 6.04 Å². The lowest BCUT2D eigenvalue weighted by Crippen LogP contribution is -2.43. The van der Waals surface area contributed by atoms with Crippen LogP contribution in [0, 0.1) is 0 Å². The Bertz CT molecular complexity index is 450. The smallest absolute Gasteiger partial charge is 0.123 e. The summed E-state index contributed by atoms with van der Waals surface area (Å²) in [6, 6.07) is 6.94. The maximum absolute atomic E-state index is 9.24. The van der Waals surface area contributed by atoms with Gasteiger partial charge in [-0.05, 0) is 43.9 Å². The summed E-state index contributed by atoms with van der Waals surface area (Å²) in [7, 11) is 0. The fraction of sp³-hybridized carbons (Fsp3) is 0.600. The molecule has 1 saturated carbocycles. The van der Waals surface area contributed by atoms with Gasteiger partial charge in [0.15, 0.2) is 0 Å². The minimum Gasteiger partial charge on any atom is -0.487 e. The molecule has 0 amide bonds. The molecule has 1 aromatic carbocycles. The summed E-state index contributed by atoms with van der Waals surface area (Å²) in [5, 5.41) is 12.7. The maximum Gasteiger partial charge on any atom is 0.123 e. The first-order valence-electron chi connectivity index (χ1n) is 6.74. The lowest BCUT2D eigenvalue weighted by atomic mass is 9.89. The van der Waals surface area contributed by atoms with Crippen molar-refractivity contribution in [2.75, 3.05) is 0 Å². The second-order valence-corrected chi connectivity index (χ2v) is 6.18. The molecule has 0 unspecified atom stereocenters. The zero-order valence-corrected chi connectivity index (χ0v) is 11.1. The summed E-state index contributed by atoms with van der Waals surface area (Å²) < 4.78 is 5.87. The van der Waals surface area contributed by atoms with Gasteiger partial charge in [-0.2, -0.15) is 0 Å². The van der Waals surface area contributed by atoms with Gasteiger partial charge in [0.2, 0.25) is 0 Å². The van der Waals surface area contributed by atoms with Crippen LogP contribution in [-0.2, 0) is 13.0 Å². The molecule has 0 spiro atoms. The second kappa shape index (κ2) is 4.25. The highest BCUT2D eigenvalue weighted by atomic mass is 16.5. The van der Waals surface area contributed by atoms with Gasteiger partial charge in [-0.1, -0.05) is 12.1 Å². The molecule has 0 saturated heterocycles. The molecule has 3 rings (SSSR count). The Morgan fingerprint density at radius 2 is 2.17 bits per heavy atom. The predicted octanol–water partition coefficient (Wildman–Crippen LogP) is 2.01. The normalized spacial score (nSPS) is 28.4. The molecule has 1 fully saturated rings. The predicted molar refractivity (Wildman–Crippen MR) is 70.7 cm³/mol. The van der Waals surface area contributed by atoms with Gasteiger partial charge in [-0.15, -0.1) is 0 Å². The molecule has 98 valence electrons. The maximum atomic E-state index is 9.24. The summed E-state index contributed by atoms with van der Waals surface area (Å²) in [5.41, 5.74) is 2.55. The van der Waals surface area contributed by atoms with Crippen LogP contribution in [-0.4, -0.2) is 22.9 Å². The third-order valence-corrected chi connectivity index (χ3v) is 3.84. The Labute approximate surface area is 108 Å². The average Bonchev–Trinajstić information content (AvgIpc) is 2.55. The van der Waals surface area contributed by atoms with E-state index in [2.05, 4.69) is 37.4 Å². The van der Waals surface area contributed by atoms with Gasteiger partial charge in [-0.3, -0.25) is 0 Å². The second-order valence-electron chi connectivity index (χ2n) is 6.18. The number of ether oxygens (including phenoxy) is 1. The first-order chi connectivity index (χ1) is 8.52. The highest BCUT2D eigenvalue weighted by Crippen LogP contribution is 2.35. The van der Waals surface area contributed by atoms with Gasteiger partial charge >= 0.3 is 0 Å². The quantitative estimate of drug-likeness (QED) is 0.858. The van der Waals surface area contributed by atoms with Gasteiger partial charge < -0.3 is 15.2 Å². The van der Waals surface area contributed by atoms with E-state index >= 15 is 0 Å². The minimum absolute atomic E-state index is 0.0630. The first-order valence-corrected chi connectivity index (χ1v) is 6.74. The molecule has 0 radical (unpaired) electrons. The van der Waals surface area contributed by atoms with E-state index in [9.17, 15) is 5.11 Å². The number of hydrogen-bond donors (Lipinski definition) is 2. The molecular weight excluding hydrogens is 226 g/mol. The van der Waals surface area contributed by atoms with Gasteiger partial charge in [0.05, 0.1) is 6.10 Å². The number of hydrogen-bond acceptors (Lipinski definition) is 3. The molecule has 0 aromatic heterocycles. The van der Waals surface area contributed by atoms with E-state index in [1.54, 1.807) is 0 Å². The number of benzene rings is 1. The number of rotatable bonds is 3. The summed E-state index contributed by atoms with van der Waals surface area (Å²) in [4.78, 5) is 0. The van der Waals surface area contributed by atoms with Gasteiger partial charge in [0.25, 0.3) is 0 Å². The zero-order valence-electron chi connectivity index (χ0n) is 11.1. The Hall–Kier alpha value is -1.06. The lowest BCUT2D eigenvalue weighted by Gasteiger charge is -2.32. The van der Waals surface area contributed by atoms with Crippen molar-refractivity contribution in [1.29, 1.82) is 0 Å². The van der Waals surface area contributed by atoms with Crippen LogP contribution < -0.4 is 10.1 Å². The monoisotopic (exact) mass is 247 g/mol. The van der Waals surface area contributed by atoms with E-state index in [1.165, 1.54) is 11.1 Å². The standard InChI is InChI=1S/C15H21NO2/c1-15(2)8-11-5-10(3-4-14(11)18-15)9-16-12-6-13(17)7-12/h3-5,12-13,16-17H,6-9H2,1-2H3. The van der Waals surface area contributed by atoms with Crippen molar-refractivity contribution in [2.45, 2.75) is 57.4 Å². The summed E-state index contributed by atoms with van der Waals surface area (Å²) >= 11 is 0. The van der Waals surface area contributed by atoms with Crippen molar-refractivity contribution in [2.24, 2.45) is 0 Å². The molecule has 1 heterocycles. The van der Waals surface area contributed by atoms with Crippen LogP contribution in [0.25, 0.3) is 0 Å². The Morgan fingerprint density at radius 1 is 1.39 bits per heavy atom. The lowest BCUT2D eigenvalue weighted by molar-refractivity contribution is 0.0619. The Kier molecular flexibility index (Phi) is 2.83. The van der Waals surface area contributed by atoms with Crippen molar-refractivity contribution >= 4 is 0 Å². The van der Waals surface area contributed by atoms with E-state index in [0.717, 1.165) is 31.6 Å². The van der Waals surface area contributed by atoms with Crippen LogP contribution in [0.3, 0.4) is 0 Å². The van der Waals surface area contributed by atoms with Crippen molar-refractivity contribution in [3.63, 3.8) is 0 Å². The van der Waals surface area contributed by atoms with E-state index in [1.807, 2.05) is 0 Å². The highest BCUT2D eigenvalue weighted by molar-refractivity contribution is 5.41. The Balaban J connectivity index is 1.61. The first kappa shape index (κ1) is 12.0. The van der Waals surface area contributed by atoms with Crippen molar-refractivity contribution in [1.82, 2.24) is 5.32 Å². The molecule has 3 nitrogen and oxygen atoms in total. The third kappa shape index (κ3) is 2.38. The Morgan fingerprint density at radius 3 is 2.89 bits per heavy atom. The van der Waals surface area contributed by atoms with Gasteiger partial charge in [0.1, 0.15) is 11.4 Å². The number of aliphatic hydroxyl groups is 1. The summed E-state index contributed by atoms with van der Waals surface area (Å²) in [6.07, 6.45) is 2.68. The molecule has 0 bridgehead atoms. The molecule has 18 heavy (non-hydrogen) atoms. The van der Waals surface area contributed by atoms with E-state index in [-0.39, 0.29) is 11.7 Å². The minimum atomic E-state index is -0.0864. The third-order valence-electron chi connectivity index (χ3n) is 3.84. The van der Waals surface area contributed by atoms with Crippen LogP contribution in [0.5, 0.6) is 5.75 Å². The van der Waals surface area contributed by atoms with Crippen molar-refractivity contribution in [3.8, 4) is 5.75 Å².